The summed E-state index contributed by atoms with van der Waals surface area (Å²) in [4.78, 5) is 14.4. The number of carbonyl (C=O) groups excluding carboxylic acids is 1. The molecule has 7 nitrogen and oxygen atoms in total. The van der Waals surface area contributed by atoms with Crippen LogP contribution in [0.15, 0.2) is 30.5 Å². The highest BCUT2D eigenvalue weighted by molar-refractivity contribution is 6.30. The summed E-state index contributed by atoms with van der Waals surface area (Å²) in [7, 11) is 0. The molecule has 0 bridgehead atoms. The molecular formula is C18H22ClN5O2. The first-order chi connectivity index (χ1) is 12.7. The van der Waals surface area contributed by atoms with Crippen LogP contribution in [0.4, 0.5) is 0 Å². The predicted molar refractivity (Wildman–Crippen MR) is 96.9 cm³/mol. The van der Waals surface area contributed by atoms with Crippen LogP contribution in [0.5, 0.6) is 0 Å². The number of likely N-dealkylation sites (tertiary alicyclic amines) is 1. The van der Waals surface area contributed by atoms with Crippen molar-refractivity contribution in [1.82, 2.24) is 25.2 Å². The number of ether oxygens (including phenoxy) is 1. The first-order valence-electron chi connectivity index (χ1n) is 8.93. The Balaban J connectivity index is 1.23. The van der Waals surface area contributed by atoms with E-state index in [4.69, 9.17) is 16.3 Å². The minimum absolute atomic E-state index is 0.0442. The monoisotopic (exact) mass is 375 g/mol. The van der Waals surface area contributed by atoms with E-state index >= 15 is 0 Å². The highest BCUT2D eigenvalue weighted by atomic mass is 35.5. The Kier molecular flexibility index (Phi) is 5.19. The molecule has 2 aliphatic rings. The van der Waals surface area contributed by atoms with E-state index in [2.05, 4.69) is 20.5 Å². The molecule has 1 aromatic carbocycles. The third-order valence-electron chi connectivity index (χ3n) is 5.01. The van der Waals surface area contributed by atoms with Gasteiger partial charge in [0.15, 0.2) is 0 Å². The minimum atomic E-state index is 0.0442. The Morgan fingerprint density at radius 1 is 1.42 bits per heavy atom. The first kappa shape index (κ1) is 17.5. The highest BCUT2D eigenvalue weighted by Crippen LogP contribution is 2.30. The molecule has 138 valence electrons. The van der Waals surface area contributed by atoms with E-state index in [-0.39, 0.29) is 18.1 Å². The van der Waals surface area contributed by atoms with Crippen molar-refractivity contribution in [2.24, 2.45) is 0 Å². The number of rotatable bonds is 5. The lowest BCUT2D eigenvalue weighted by Gasteiger charge is -2.40. The van der Waals surface area contributed by atoms with Crippen LogP contribution < -0.4 is 5.32 Å². The van der Waals surface area contributed by atoms with Crippen LogP contribution in [-0.2, 0) is 22.6 Å². The Labute approximate surface area is 157 Å². The van der Waals surface area contributed by atoms with Gasteiger partial charge < -0.3 is 10.1 Å². The normalized spacial score (nSPS) is 22.5. The van der Waals surface area contributed by atoms with Gasteiger partial charge >= 0.3 is 0 Å². The van der Waals surface area contributed by atoms with Crippen LogP contribution in [-0.4, -0.2) is 58.1 Å². The van der Waals surface area contributed by atoms with E-state index in [1.807, 2.05) is 28.9 Å². The predicted octanol–water partition coefficient (Wildman–Crippen LogP) is 1.44. The second-order valence-corrected chi connectivity index (χ2v) is 7.28. The molecule has 2 aliphatic heterocycles. The van der Waals surface area contributed by atoms with Gasteiger partial charge in [-0.2, -0.15) is 0 Å². The molecular weight excluding hydrogens is 354 g/mol. The number of halogens is 1. The molecule has 4 rings (SSSR count). The maximum Gasteiger partial charge on any atom is 0.234 e. The fourth-order valence-corrected chi connectivity index (χ4v) is 3.91. The van der Waals surface area contributed by atoms with Crippen molar-refractivity contribution in [1.29, 1.82) is 0 Å². The topological polar surface area (TPSA) is 72.3 Å². The lowest BCUT2D eigenvalue weighted by Crippen LogP contribution is -2.51. The fraction of sp³-hybridized carbons (Fsp3) is 0.500. The number of carbonyl (C=O) groups is 1. The van der Waals surface area contributed by atoms with Crippen molar-refractivity contribution < 1.29 is 9.53 Å². The van der Waals surface area contributed by atoms with E-state index < -0.39 is 0 Å². The molecule has 2 atom stereocenters. The van der Waals surface area contributed by atoms with Crippen LogP contribution in [0.25, 0.3) is 0 Å². The number of hydrogen-bond acceptors (Lipinski definition) is 5. The van der Waals surface area contributed by atoms with Crippen molar-refractivity contribution >= 4 is 17.5 Å². The van der Waals surface area contributed by atoms with Gasteiger partial charge in [-0.15, -0.1) is 5.10 Å². The van der Waals surface area contributed by atoms with Crippen molar-refractivity contribution in [2.75, 3.05) is 26.2 Å². The molecule has 1 saturated heterocycles. The molecule has 1 N–H and O–H groups in total. The molecule has 1 amide bonds. The van der Waals surface area contributed by atoms with Gasteiger partial charge in [0.05, 0.1) is 37.2 Å². The van der Waals surface area contributed by atoms with Crippen LogP contribution in [0.3, 0.4) is 0 Å². The second kappa shape index (κ2) is 7.73. The molecule has 1 aromatic heterocycles. The molecule has 0 spiro atoms. The van der Waals surface area contributed by atoms with E-state index in [1.54, 1.807) is 6.20 Å². The summed E-state index contributed by atoms with van der Waals surface area (Å²) < 4.78 is 7.92. The number of fused-ring (bicyclic) bond motifs is 3. The fourth-order valence-electron chi connectivity index (χ4n) is 3.69. The zero-order chi connectivity index (χ0) is 17.9. The van der Waals surface area contributed by atoms with Gasteiger partial charge in [-0.3, -0.25) is 9.69 Å². The van der Waals surface area contributed by atoms with Crippen LogP contribution in [0, 0.1) is 0 Å². The Hall–Kier alpha value is -1.96. The number of amides is 1. The van der Waals surface area contributed by atoms with Crippen LogP contribution in [0.2, 0.25) is 5.02 Å². The van der Waals surface area contributed by atoms with Crippen molar-refractivity contribution in [3.63, 3.8) is 0 Å². The summed E-state index contributed by atoms with van der Waals surface area (Å²) >= 11 is 5.98. The van der Waals surface area contributed by atoms with E-state index in [0.29, 0.717) is 19.7 Å². The van der Waals surface area contributed by atoms with Crippen LogP contribution >= 0.6 is 11.6 Å². The molecule has 0 aliphatic carbocycles. The number of nitrogens with zero attached hydrogens (tertiary/aromatic N) is 4. The summed E-state index contributed by atoms with van der Waals surface area (Å²) in [5, 5.41) is 11.9. The van der Waals surface area contributed by atoms with Gasteiger partial charge in [0.2, 0.25) is 5.91 Å². The Morgan fingerprint density at radius 3 is 3.23 bits per heavy atom. The lowest BCUT2D eigenvalue weighted by molar-refractivity contribution is -0.124. The van der Waals surface area contributed by atoms with E-state index in [1.165, 1.54) is 0 Å². The smallest absolute Gasteiger partial charge is 0.234 e. The second-order valence-electron chi connectivity index (χ2n) is 6.84. The molecule has 0 unspecified atom stereocenters. The summed E-state index contributed by atoms with van der Waals surface area (Å²) in [6.45, 7) is 3.13. The number of hydrogen-bond donors (Lipinski definition) is 1. The molecule has 0 saturated carbocycles. The molecule has 3 heterocycles. The quantitative estimate of drug-likeness (QED) is 0.856. The van der Waals surface area contributed by atoms with Gasteiger partial charge in [0, 0.05) is 24.7 Å². The maximum atomic E-state index is 12.2. The standard InChI is InChI=1S/C18H22ClN5O2/c19-14-3-1-2-13(8-14)4-6-20-18(25)11-23-7-5-16-17(10-23)26-12-15-9-21-22-24(15)16/h1-3,8-9,16-17H,4-7,10-12H2,(H,20,25)/t16-,17-/m0/s1. The number of aromatic nitrogens is 3. The van der Waals surface area contributed by atoms with Gasteiger partial charge in [-0.1, -0.05) is 28.9 Å². The highest BCUT2D eigenvalue weighted by Gasteiger charge is 2.36. The summed E-state index contributed by atoms with van der Waals surface area (Å²) in [5.41, 5.74) is 2.15. The summed E-state index contributed by atoms with van der Waals surface area (Å²) in [6.07, 6.45) is 3.51. The number of piperidine rings is 1. The molecule has 8 heteroatoms. The van der Waals surface area contributed by atoms with Crippen LogP contribution in [0.1, 0.15) is 23.7 Å². The number of benzene rings is 1. The maximum absolute atomic E-state index is 12.2. The zero-order valence-corrected chi connectivity index (χ0v) is 15.2. The Bertz CT molecular complexity index is 780. The van der Waals surface area contributed by atoms with Crippen molar-refractivity contribution in [3.05, 3.63) is 46.7 Å². The van der Waals surface area contributed by atoms with Gasteiger partial charge in [-0.05, 0) is 30.5 Å². The third-order valence-corrected chi connectivity index (χ3v) is 5.24. The zero-order valence-electron chi connectivity index (χ0n) is 14.5. The van der Waals surface area contributed by atoms with E-state index in [0.717, 1.165) is 42.2 Å². The van der Waals surface area contributed by atoms with E-state index in [9.17, 15) is 4.79 Å². The number of nitrogens with one attached hydrogen (secondary N) is 1. The minimum Gasteiger partial charge on any atom is -0.368 e. The molecule has 0 radical (unpaired) electrons. The average Bonchev–Trinajstić information content (AvgIpc) is 3.10. The van der Waals surface area contributed by atoms with Gasteiger partial charge in [-0.25, -0.2) is 4.68 Å². The van der Waals surface area contributed by atoms with Gasteiger partial charge in [0.25, 0.3) is 0 Å². The average molecular weight is 376 g/mol. The largest absolute Gasteiger partial charge is 0.368 e. The third kappa shape index (κ3) is 3.90. The summed E-state index contributed by atoms with van der Waals surface area (Å²) in [6, 6.07) is 7.94. The first-order valence-corrected chi connectivity index (χ1v) is 9.31. The lowest BCUT2D eigenvalue weighted by atomic mass is 10.0. The molecule has 26 heavy (non-hydrogen) atoms. The Morgan fingerprint density at radius 2 is 2.35 bits per heavy atom. The summed E-state index contributed by atoms with van der Waals surface area (Å²) in [5.74, 6) is 0.0442. The molecule has 1 fully saturated rings. The van der Waals surface area contributed by atoms with Gasteiger partial charge in [0.1, 0.15) is 0 Å². The SMILES string of the molecule is O=C(CN1CC[C@H]2[C@H](C1)OCc1cnnn12)NCCc1cccc(Cl)c1. The molecule has 2 aromatic rings. The van der Waals surface area contributed by atoms with Crippen molar-refractivity contribution in [3.8, 4) is 0 Å². The van der Waals surface area contributed by atoms with Crippen molar-refractivity contribution in [2.45, 2.75) is 31.6 Å².